The van der Waals surface area contributed by atoms with Gasteiger partial charge in [-0.05, 0) is 73.6 Å². The zero-order chi connectivity index (χ0) is 23.2. The number of hydrogen-bond donors (Lipinski definition) is 1. The second kappa shape index (κ2) is 8.39. The van der Waals surface area contributed by atoms with E-state index >= 15 is 0 Å². The Balaban J connectivity index is 1.38. The van der Waals surface area contributed by atoms with Gasteiger partial charge in [0.1, 0.15) is 5.82 Å². The molecular formula is C24H24N4O3S2. The first-order valence-corrected chi connectivity index (χ1v) is 13.6. The molecule has 0 fully saturated rings. The predicted molar refractivity (Wildman–Crippen MR) is 130 cm³/mol. The first kappa shape index (κ1) is 21.8. The number of amides is 1. The van der Waals surface area contributed by atoms with Gasteiger partial charge in [0.15, 0.2) is 9.84 Å². The number of fused-ring (bicyclic) bond motifs is 2. The number of sulfone groups is 1. The van der Waals surface area contributed by atoms with Crippen molar-refractivity contribution in [3.8, 4) is 5.13 Å². The number of rotatable bonds is 5. The van der Waals surface area contributed by atoms with Crippen molar-refractivity contribution in [3.63, 3.8) is 0 Å². The molecule has 2 aromatic heterocycles. The van der Waals surface area contributed by atoms with Crippen LogP contribution in [0.15, 0.2) is 47.4 Å². The van der Waals surface area contributed by atoms with E-state index in [1.165, 1.54) is 36.1 Å². The van der Waals surface area contributed by atoms with E-state index in [2.05, 4.69) is 22.5 Å². The Bertz CT molecular complexity index is 1420. The molecule has 1 amide bonds. The van der Waals surface area contributed by atoms with E-state index in [1.54, 1.807) is 28.2 Å². The van der Waals surface area contributed by atoms with Gasteiger partial charge in [-0.25, -0.2) is 13.4 Å². The Hall–Kier alpha value is -3.04. The summed E-state index contributed by atoms with van der Waals surface area (Å²) >= 11 is 1.57. The molecule has 0 saturated heterocycles. The molecule has 0 radical (unpaired) electrons. The highest BCUT2D eigenvalue weighted by molar-refractivity contribution is 7.90. The maximum atomic E-state index is 12.7. The number of nitrogens with one attached hydrogen (secondary N) is 1. The molecule has 5 rings (SSSR count). The van der Waals surface area contributed by atoms with E-state index in [0.29, 0.717) is 10.9 Å². The molecule has 2 aromatic carbocycles. The van der Waals surface area contributed by atoms with Crippen molar-refractivity contribution in [2.45, 2.75) is 43.9 Å². The molecule has 1 aliphatic rings. The molecule has 1 N–H and O–H groups in total. The summed E-state index contributed by atoms with van der Waals surface area (Å²) in [6.45, 7) is 1.88. The lowest BCUT2D eigenvalue weighted by Crippen LogP contribution is -2.17. The predicted octanol–water partition coefficient (Wildman–Crippen LogP) is 4.25. The van der Waals surface area contributed by atoms with Crippen LogP contribution < -0.4 is 5.32 Å². The molecule has 170 valence electrons. The molecule has 4 aromatic rings. The Morgan fingerprint density at radius 1 is 1.09 bits per heavy atom. The lowest BCUT2D eigenvalue weighted by Gasteiger charge is -2.14. The Morgan fingerprint density at radius 2 is 1.79 bits per heavy atom. The minimum absolute atomic E-state index is 0.126. The Morgan fingerprint density at radius 3 is 2.48 bits per heavy atom. The van der Waals surface area contributed by atoms with Crippen LogP contribution in [-0.2, 0) is 33.9 Å². The average Bonchev–Trinajstić information content (AvgIpc) is 3.33. The smallest absolute Gasteiger partial charge is 0.229 e. The molecule has 0 spiro atoms. The van der Waals surface area contributed by atoms with Crippen molar-refractivity contribution in [1.82, 2.24) is 14.8 Å². The zero-order valence-electron chi connectivity index (χ0n) is 18.5. The normalized spacial score (nSPS) is 13.8. The molecule has 9 heteroatoms. The van der Waals surface area contributed by atoms with Gasteiger partial charge in [0, 0.05) is 12.3 Å². The van der Waals surface area contributed by atoms with E-state index in [9.17, 15) is 13.2 Å². The highest BCUT2D eigenvalue weighted by atomic mass is 32.2. The Labute approximate surface area is 196 Å². The second-order valence-electron chi connectivity index (χ2n) is 8.52. The van der Waals surface area contributed by atoms with Gasteiger partial charge in [-0.2, -0.15) is 9.78 Å². The number of hydrogen-bond acceptors (Lipinski definition) is 6. The van der Waals surface area contributed by atoms with Gasteiger partial charge in [0.25, 0.3) is 0 Å². The highest BCUT2D eigenvalue weighted by Gasteiger charge is 2.17. The summed E-state index contributed by atoms with van der Waals surface area (Å²) in [7, 11) is -3.26. The largest absolute Gasteiger partial charge is 0.310 e. The summed E-state index contributed by atoms with van der Waals surface area (Å²) < 4.78 is 26.1. The van der Waals surface area contributed by atoms with Gasteiger partial charge < -0.3 is 5.32 Å². The summed E-state index contributed by atoms with van der Waals surface area (Å²) in [5.41, 5.74) is 5.27. The molecule has 1 aliphatic carbocycles. The van der Waals surface area contributed by atoms with Crippen LogP contribution in [0.5, 0.6) is 0 Å². The fourth-order valence-corrected chi connectivity index (χ4v) is 5.80. The lowest BCUT2D eigenvalue weighted by molar-refractivity contribution is -0.115. The van der Waals surface area contributed by atoms with Gasteiger partial charge in [0.2, 0.25) is 11.0 Å². The standard InChI is InChI=1S/C24H24N4O3S2/c1-15-11-22(26-23(29)12-16-7-9-19(10-8-16)33(2,30)31)28(27-15)24-25-20-13-17-5-3-4-6-18(17)14-21(20)32-24/h7-11,13-14H,3-6,12H2,1-2H3,(H,26,29). The summed E-state index contributed by atoms with van der Waals surface area (Å²) in [6.07, 6.45) is 5.96. The van der Waals surface area contributed by atoms with E-state index in [-0.39, 0.29) is 17.2 Å². The quantitative estimate of drug-likeness (QED) is 0.461. The van der Waals surface area contributed by atoms with Crippen molar-refractivity contribution < 1.29 is 13.2 Å². The highest BCUT2D eigenvalue weighted by Crippen LogP contribution is 2.32. The van der Waals surface area contributed by atoms with E-state index < -0.39 is 9.84 Å². The van der Waals surface area contributed by atoms with Crippen molar-refractivity contribution in [1.29, 1.82) is 0 Å². The van der Waals surface area contributed by atoms with Crippen molar-refractivity contribution in [2.24, 2.45) is 0 Å². The minimum atomic E-state index is -3.26. The van der Waals surface area contributed by atoms with Crippen LogP contribution in [0.2, 0.25) is 0 Å². The number of thiazole rings is 1. The van der Waals surface area contributed by atoms with Gasteiger partial charge in [-0.3, -0.25) is 4.79 Å². The molecule has 0 aliphatic heterocycles. The van der Waals surface area contributed by atoms with Gasteiger partial charge in [0.05, 0.1) is 27.2 Å². The molecule has 0 atom stereocenters. The molecule has 0 saturated carbocycles. The minimum Gasteiger partial charge on any atom is -0.310 e. The molecule has 0 bridgehead atoms. The third-order valence-electron chi connectivity index (χ3n) is 5.84. The van der Waals surface area contributed by atoms with Crippen LogP contribution in [0.3, 0.4) is 0 Å². The molecule has 7 nitrogen and oxygen atoms in total. The average molecular weight is 481 g/mol. The lowest BCUT2D eigenvalue weighted by atomic mass is 9.92. The van der Waals surface area contributed by atoms with Crippen molar-refractivity contribution >= 4 is 43.1 Å². The van der Waals surface area contributed by atoms with E-state index in [4.69, 9.17) is 4.98 Å². The van der Waals surface area contributed by atoms with Gasteiger partial charge >= 0.3 is 0 Å². The van der Waals surface area contributed by atoms with Gasteiger partial charge in [-0.15, -0.1) is 0 Å². The monoisotopic (exact) mass is 480 g/mol. The zero-order valence-corrected chi connectivity index (χ0v) is 20.1. The number of carbonyl (C=O) groups excluding carboxylic acids is 1. The summed E-state index contributed by atoms with van der Waals surface area (Å²) in [5.74, 6) is 0.355. The second-order valence-corrected chi connectivity index (χ2v) is 11.5. The number of carbonyl (C=O) groups is 1. The topological polar surface area (TPSA) is 94.0 Å². The number of aryl methyl sites for hydroxylation is 3. The SMILES string of the molecule is Cc1cc(NC(=O)Cc2ccc(S(C)(=O)=O)cc2)n(-c2nc3cc4c(cc3s2)CCCC4)n1. The third kappa shape index (κ3) is 4.56. The molecule has 2 heterocycles. The number of anilines is 1. The van der Waals surface area contributed by atoms with Crippen molar-refractivity contribution in [3.05, 3.63) is 64.8 Å². The van der Waals surface area contributed by atoms with E-state index in [1.807, 2.05) is 13.0 Å². The molecule has 33 heavy (non-hydrogen) atoms. The first-order valence-electron chi connectivity index (χ1n) is 10.8. The maximum absolute atomic E-state index is 12.7. The van der Waals surface area contributed by atoms with Gasteiger partial charge in [-0.1, -0.05) is 23.5 Å². The number of aromatic nitrogens is 3. The molecule has 0 unspecified atom stereocenters. The third-order valence-corrected chi connectivity index (χ3v) is 7.96. The maximum Gasteiger partial charge on any atom is 0.229 e. The van der Waals surface area contributed by atoms with Crippen LogP contribution in [0.4, 0.5) is 5.82 Å². The van der Waals surface area contributed by atoms with Crippen molar-refractivity contribution in [2.75, 3.05) is 11.6 Å². The van der Waals surface area contributed by atoms with Crippen LogP contribution in [-0.4, -0.2) is 35.3 Å². The fourth-order valence-electron chi connectivity index (χ4n) is 4.20. The summed E-state index contributed by atoms with van der Waals surface area (Å²) in [6, 6.07) is 12.6. The first-order chi connectivity index (χ1) is 15.8. The Kier molecular flexibility index (Phi) is 5.54. The van der Waals surface area contributed by atoms with Crippen LogP contribution in [0.25, 0.3) is 15.3 Å². The fraction of sp³-hybridized carbons (Fsp3) is 0.292. The van der Waals surface area contributed by atoms with Crippen LogP contribution in [0, 0.1) is 6.92 Å². The number of nitrogens with zero attached hydrogens (tertiary/aromatic N) is 3. The summed E-state index contributed by atoms with van der Waals surface area (Å²) in [5, 5.41) is 8.20. The molecular weight excluding hydrogens is 456 g/mol. The van der Waals surface area contributed by atoms with E-state index in [0.717, 1.165) is 40.6 Å². The summed E-state index contributed by atoms with van der Waals surface area (Å²) in [4.78, 5) is 17.7. The number of benzene rings is 2. The van der Waals surface area contributed by atoms with Crippen LogP contribution in [0.1, 0.15) is 35.2 Å². The van der Waals surface area contributed by atoms with Crippen LogP contribution >= 0.6 is 11.3 Å².